The van der Waals surface area contributed by atoms with Crippen LogP contribution in [-0.4, -0.2) is 23.4 Å². The summed E-state index contributed by atoms with van der Waals surface area (Å²) < 4.78 is 10.9. The Bertz CT molecular complexity index is 1410. The highest BCUT2D eigenvalue weighted by Crippen LogP contribution is 2.40. The Morgan fingerprint density at radius 3 is 2.89 bits per heavy atom. The van der Waals surface area contributed by atoms with Crippen molar-refractivity contribution >= 4 is 40.0 Å². The third kappa shape index (κ3) is 5.21. The van der Waals surface area contributed by atoms with Crippen LogP contribution in [0.15, 0.2) is 46.4 Å². The van der Waals surface area contributed by atoms with Gasteiger partial charge in [-0.15, -0.1) is 11.3 Å². The second-order valence-corrected chi connectivity index (χ2v) is 9.51. The van der Waals surface area contributed by atoms with Crippen molar-refractivity contribution < 1.29 is 23.7 Å². The quantitative estimate of drug-likeness (QED) is 0.142. The van der Waals surface area contributed by atoms with Gasteiger partial charge in [-0.05, 0) is 49.8 Å². The molecule has 2 heterocycles. The monoisotopic (exact) mass is 505 g/mol. The van der Waals surface area contributed by atoms with E-state index in [1.807, 2.05) is 6.07 Å². The highest BCUT2D eigenvalue weighted by molar-refractivity contribution is 7.17. The molecule has 4 rings (SSSR count). The average molecular weight is 506 g/mol. The van der Waals surface area contributed by atoms with Gasteiger partial charge in [-0.2, -0.15) is 5.26 Å². The normalized spacial score (nSPS) is 15.0. The molecule has 0 radical (unpaired) electrons. The fourth-order valence-corrected chi connectivity index (χ4v) is 5.47. The van der Waals surface area contributed by atoms with E-state index < -0.39 is 16.8 Å². The average Bonchev–Trinajstić information content (AvgIpc) is 3.46. The number of anilines is 1. The number of carbonyl (C=O) groups is 2. The number of nitriles is 1. The molecule has 0 aliphatic heterocycles. The van der Waals surface area contributed by atoms with E-state index >= 15 is 0 Å². The van der Waals surface area contributed by atoms with E-state index in [2.05, 4.69) is 12.2 Å². The number of furan rings is 1. The number of nitro groups is 1. The minimum absolute atomic E-state index is 0.0801. The van der Waals surface area contributed by atoms with Crippen molar-refractivity contribution in [3.63, 3.8) is 0 Å². The number of ether oxygens (including phenoxy) is 1. The van der Waals surface area contributed by atoms with Gasteiger partial charge in [-0.3, -0.25) is 14.9 Å². The molecule has 2 aromatic heterocycles. The first-order chi connectivity index (χ1) is 17.3. The number of nitro benzene ring substituents is 1. The van der Waals surface area contributed by atoms with Crippen molar-refractivity contribution in [3.05, 3.63) is 73.8 Å². The molecule has 9 nitrogen and oxygen atoms in total. The molecule has 1 amide bonds. The lowest BCUT2D eigenvalue weighted by molar-refractivity contribution is -0.384. The van der Waals surface area contributed by atoms with Crippen LogP contribution in [0.4, 0.5) is 10.7 Å². The summed E-state index contributed by atoms with van der Waals surface area (Å²) in [4.78, 5) is 37.3. The van der Waals surface area contributed by atoms with Gasteiger partial charge in [0.05, 0.1) is 17.1 Å². The number of hydrogen-bond acceptors (Lipinski definition) is 8. The van der Waals surface area contributed by atoms with Crippen molar-refractivity contribution in [1.82, 2.24) is 0 Å². The van der Waals surface area contributed by atoms with Crippen molar-refractivity contribution in [1.29, 1.82) is 5.26 Å². The zero-order chi connectivity index (χ0) is 25.8. The van der Waals surface area contributed by atoms with Crippen LogP contribution in [-0.2, 0) is 22.4 Å². The molecule has 0 saturated carbocycles. The lowest BCUT2D eigenvalue weighted by atomic mass is 9.88. The SMILES string of the molecule is CCOC(=O)c1c(NC(=O)C(C#N)=Cc2ccc(-c3cccc([N+](=O)[O-])c3)o2)sc2c1CCC(C)C2. The van der Waals surface area contributed by atoms with E-state index in [4.69, 9.17) is 9.15 Å². The Kier molecular flexibility index (Phi) is 7.31. The van der Waals surface area contributed by atoms with Gasteiger partial charge in [0.1, 0.15) is 28.2 Å². The summed E-state index contributed by atoms with van der Waals surface area (Å²) in [5.41, 5.74) is 1.46. The van der Waals surface area contributed by atoms with Gasteiger partial charge >= 0.3 is 5.97 Å². The molecule has 0 bridgehead atoms. The third-order valence-corrected chi connectivity index (χ3v) is 7.01. The number of nitrogens with zero attached hydrogens (tertiary/aromatic N) is 2. The molecule has 1 aliphatic carbocycles. The highest BCUT2D eigenvalue weighted by atomic mass is 32.1. The van der Waals surface area contributed by atoms with E-state index in [0.717, 1.165) is 29.7 Å². The Morgan fingerprint density at radius 1 is 1.36 bits per heavy atom. The van der Waals surface area contributed by atoms with Gasteiger partial charge < -0.3 is 14.5 Å². The minimum atomic E-state index is -0.678. The second kappa shape index (κ2) is 10.6. The fourth-order valence-electron chi connectivity index (χ4n) is 4.08. The Balaban J connectivity index is 1.60. The molecule has 0 saturated heterocycles. The number of non-ortho nitro benzene ring substituents is 1. The van der Waals surface area contributed by atoms with E-state index in [1.165, 1.54) is 29.5 Å². The summed E-state index contributed by atoms with van der Waals surface area (Å²) in [5.74, 6) is -0.109. The molecule has 1 unspecified atom stereocenters. The number of nitrogens with one attached hydrogen (secondary N) is 1. The van der Waals surface area contributed by atoms with Crippen LogP contribution in [0.5, 0.6) is 0 Å². The third-order valence-electron chi connectivity index (χ3n) is 5.84. The van der Waals surface area contributed by atoms with Crippen LogP contribution >= 0.6 is 11.3 Å². The van der Waals surface area contributed by atoms with E-state index in [-0.39, 0.29) is 23.6 Å². The van der Waals surface area contributed by atoms with Crippen molar-refractivity contribution in [2.45, 2.75) is 33.1 Å². The molecule has 36 heavy (non-hydrogen) atoms. The Hall–Kier alpha value is -4.23. The van der Waals surface area contributed by atoms with Crippen molar-refractivity contribution in [3.8, 4) is 17.4 Å². The summed E-state index contributed by atoms with van der Waals surface area (Å²) in [5, 5.41) is 23.8. The van der Waals surface area contributed by atoms with E-state index in [1.54, 1.807) is 31.2 Å². The predicted molar refractivity (Wildman–Crippen MR) is 134 cm³/mol. The number of esters is 1. The maximum Gasteiger partial charge on any atom is 0.341 e. The predicted octanol–water partition coefficient (Wildman–Crippen LogP) is 5.76. The van der Waals surface area contributed by atoms with Crippen LogP contribution in [0, 0.1) is 27.4 Å². The smallest absolute Gasteiger partial charge is 0.341 e. The molecular weight excluding hydrogens is 482 g/mol. The first kappa shape index (κ1) is 24.9. The molecule has 1 aromatic carbocycles. The number of rotatable bonds is 7. The zero-order valence-corrected chi connectivity index (χ0v) is 20.5. The minimum Gasteiger partial charge on any atom is -0.462 e. The first-order valence-corrected chi connectivity index (χ1v) is 12.2. The van der Waals surface area contributed by atoms with E-state index in [9.17, 15) is 25.0 Å². The Morgan fingerprint density at radius 2 is 2.17 bits per heavy atom. The fraction of sp³-hybridized carbons (Fsp3) is 0.269. The second-order valence-electron chi connectivity index (χ2n) is 8.41. The first-order valence-electron chi connectivity index (χ1n) is 11.4. The number of fused-ring (bicyclic) bond motifs is 1. The maximum absolute atomic E-state index is 13.0. The molecule has 184 valence electrons. The number of hydrogen-bond donors (Lipinski definition) is 1. The molecular formula is C26H23N3O6S. The number of benzene rings is 1. The Labute approximate surface area is 211 Å². The van der Waals surface area contributed by atoms with Gasteiger partial charge in [0.15, 0.2) is 0 Å². The van der Waals surface area contributed by atoms with Gasteiger partial charge in [-0.25, -0.2) is 4.79 Å². The maximum atomic E-state index is 13.0. The number of thiophene rings is 1. The molecule has 10 heteroatoms. The van der Waals surface area contributed by atoms with Crippen molar-refractivity contribution in [2.24, 2.45) is 5.92 Å². The topological polar surface area (TPSA) is 135 Å². The van der Waals surface area contributed by atoms with Crippen LogP contribution in [0.2, 0.25) is 0 Å². The number of amides is 1. The van der Waals surface area contributed by atoms with Crippen LogP contribution in [0.3, 0.4) is 0 Å². The highest BCUT2D eigenvalue weighted by Gasteiger charge is 2.29. The van der Waals surface area contributed by atoms with Gasteiger partial charge in [0.25, 0.3) is 11.6 Å². The van der Waals surface area contributed by atoms with Crippen LogP contribution < -0.4 is 5.32 Å². The zero-order valence-electron chi connectivity index (χ0n) is 19.7. The standard InChI is InChI=1S/C26H23N3O6S/c1-3-34-26(31)23-20-9-7-15(2)11-22(20)36-25(23)28-24(30)17(14-27)13-19-8-10-21(35-19)16-5-4-6-18(12-16)29(32)33/h4-6,8,10,12-13,15H,3,7,9,11H2,1-2H3,(H,28,30). The lowest BCUT2D eigenvalue weighted by Gasteiger charge is -2.18. The van der Waals surface area contributed by atoms with Gasteiger partial charge in [0.2, 0.25) is 0 Å². The van der Waals surface area contributed by atoms with Crippen molar-refractivity contribution in [2.75, 3.05) is 11.9 Å². The molecule has 3 aromatic rings. The summed E-state index contributed by atoms with van der Waals surface area (Å²) in [6.45, 7) is 4.08. The molecule has 1 atom stereocenters. The summed E-state index contributed by atoms with van der Waals surface area (Å²) in [6, 6.07) is 11.0. The lowest BCUT2D eigenvalue weighted by Crippen LogP contribution is -2.17. The molecule has 1 aliphatic rings. The van der Waals surface area contributed by atoms with E-state index in [0.29, 0.717) is 27.8 Å². The molecule has 0 spiro atoms. The van der Waals surface area contributed by atoms with Crippen LogP contribution in [0.1, 0.15) is 46.8 Å². The van der Waals surface area contributed by atoms with Gasteiger partial charge in [0, 0.05) is 28.6 Å². The summed E-state index contributed by atoms with van der Waals surface area (Å²) in [7, 11) is 0. The largest absolute Gasteiger partial charge is 0.462 e. The molecule has 0 fully saturated rings. The van der Waals surface area contributed by atoms with Crippen LogP contribution in [0.25, 0.3) is 17.4 Å². The summed E-state index contributed by atoms with van der Waals surface area (Å²) in [6.07, 6.45) is 3.77. The van der Waals surface area contributed by atoms with Gasteiger partial charge in [-0.1, -0.05) is 19.1 Å². The number of carbonyl (C=O) groups excluding carboxylic acids is 2. The summed E-state index contributed by atoms with van der Waals surface area (Å²) >= 11 is 1.34. The molecule has 1 N–H and O–H groups in total.